The fraction of sp³-hybridized carbons (Fsp3) is 0.533. The van der Waals surface area contributed by atoms with Crippen LogP contribution in [-0.4, -0.2) is 66.4 Å². The van der Waals surface area contributed by atoms with E-state index in [1.807, 2.05) is 47.4 Å². The van der Waals surface area contributed by atoms with Gasteiger partial charge in [-0.15, -0.1) is 0 Å². The average Bonchev–Trinajstić information content (AvgIpc) is 3.56. The van der Waals surface area contributed by atoms with E-state index in [-0.39, 0.29) is 18.6 Å². The summed E-state index contributed by atoms with van der Waals surface area (Å²) in [5.74, 6) is 0.132. The third-order valence-electron chi connectivity index (χ3n) is 7.65. The largest absolute Gasteiger partial charge is 0.497 e. The van der Waals surface area contributed by atoms with Crippen LogP contribution in [0.5, 0.6) is 17.2 Å². The molecule has 8 nitrogen and oxygen atoms in total. The lowest BCUT2D eigenvalue weighted by atomic mass is 9.82. The number of likely N-dealkylation sites (tertiary alicyclic amines) is 1. The minimum atomic E-state index is -0.877. The van der Waals surface area contributed by atoms with Crippen molar-refractivity contribution in [3.63, 3.8) is 0 Å². The predicted molar refractivity (Wildman–Crippen MR) is 145 cm³/mol. The Morgan fingerprint density at radius 1 is 1.00 bits per heavy atom. The maximum Gasteiger partial charge on any atom is 0.309 e. The van der Waals surface area contributed by atoms with E-state index in [1.54, 1.807) is 7.11 Å². The van der Waals surface area contributed by atoms with Gasteiger partial charge in [-0.05, 0) is 54.7 Å². The Morgan fingerprint density at radius 3 is 2.26 bits per heavy atom. The van der Waals surface area contributed by atoms with Gasteiger partial charge in [0.25, 0.3) is 0 Å². The highest BCUT2D eigenvalue weighted by Crippen LogP contribution is 2.49. The molecule has 0 saturated carbocycles. The van der Waals surface area contributed by atoms with Crippen LogP contribution in [0.2, 0.25) is 0 Å². The van der Waals surface area contributed by atoms with Crippen LogP contribution in [0.4, 0.5) is 0 Å². The molecule has 2 aromatic rings. The number of nitrogens with zero attached hydrogens (tertiary/aromatic N) is 2. The standard InChI is InChI=1S/C30H40N2O6/c1-5-8-24(29(33)31(15-6-2)16-7-3)32-18-23(21-11-14-25-26(17-21)38-19-37-25)27(30(34)35)28(32)20-9-12-22(36-4)13-10-20/h9-14,17,23-24,27-28H,5-8,15-16,18-19H2,1-4H3,(H,34,35)/t23-,24+,27+,28-/m1/s1. The first-order chi connectivity index (χ1) is 18.4. The zero-order chi connectivity index (χ0) is 27.2. The Hall–Kier alpha value is -3.26. The van der Waals surface area contributed by atoms with E-state index in [0.717, 1.165) is 30.4 Å². The van der Waals surface area contributed by atoms with Gasteiger partial charge in [0.2, 0.25) is 12.7 Å². The number of benzene rings is 2. The molecule has 0 aromatic heterocycles. The summed E-state index contributed by atoms with van der Waals surface area (Å²) >= 11 is 0. The zero-order valence-corrected chi connectivity index (χ0v) is 22.9. The van der Waals surface area contributed by atoms with Gasteiger partial charge in [0, 0.05) is 31.6 Å². The van der Waals surface area contributed by atoms with Crippen LogP contribution in [0.15, 0.2) is 42.5 Å². The third-order valence-corrected chi connectivity index (χ3v) is 7.65. The lowest BCUT2D eigenvalue weighted by Gasteiger charge is -2.36. The van der Waals surface area contributed by atoms with Gasteiger partial charge in [-0.25, -0.2) is 0 Å². The van der Waals surface area contributed by atoms with Crippen molar-refractivity contribution in [2.75, 3.05) is 33.5 Å². The summed E-state index contributed by atoms with van der Waals surface area (Å²) in [6.07, 6.45) is 3.24. The van der Waals surface area contributed by atoms with Gasteiger partial charge in [0.1, 0.15) is 5.75 Å². The molecule has 1 amide bonds. The van der Waals surface area contributed by atoms with Gasteiger partial charge in [-0.2, -0.15) is 0 Å². The lowest BCUT2D eigenvalue weighted by molar-refractivity contribution is -0.145. The fourth-order valence-electron chi connectivity index (χ4n) is 5.95. The van der Waals surface area contributed by atoms with Gasteiger partial charge in [0.15, 0.2) is 11.5 Å². The first-order valence-electron chi connectivity index (χ1n) is 13.7. The molecule has 0 unspecified atom stereocenters. The summed E-state index contributed by atoms with van der Waals surface area (Å²) in [6, 6.07) is 12.4. The first kappa shape index (κ1) is 27.8. The van der Waals surface area contributed by atoms with E-state index in [1.165, 1.54) is 0 Å². The molecule has 2 aromatic carbocycles. The second-order valence-corrected chi connectivity index (χ2v) is 10.1. The van der Waals surface area contributed by atoms with E-state index < -0.39 is 24.0 Å². The van der Waals surface area contributed by atoms with Crippen molar-refractivity contribution in [3.8, 4) is 17.2 Å². The molecule has 4 atom stereocenters. The maximum atomic E-state index is 14.0. The van der Waals surface area contributed by atoms with Gasteiger partial charge in [0.05, 0.1) is 19.1 Å². The normalized spacial score (nSPS) is 21.3. The van der Waals surface area contributed by atoms with E-state index in [0.29, 0.717) is 43.3 Å². The smallest absolute Gasteiger partial charge is 0.309 e. The van der Waals surface area contributed by atoms with E-state index >= 15 is 0 Å². The van der Waals surface area contributed by atoms with E-state index in [9.17, 15) is 14.7 Å². The summed E-state index contributed by atoms with van der Waals surface area (Å²) in [4.78, 5) is 31.1. The SMILES string of the molecule is CCC[C@@H](C(=O)N(CCC)CCC)N1C[C@H](c2ccc3c(c2)OCO3)[C@H](C(=O)O)[C@H]1c1ccc(OC)cc1. The fourth-order valence-corrected chi connectivity index (χ4v) is 5.95. The maximum absolute atomic E-state index is 14.0. The number of amides is 1. The Labute approximate surface area is 225 Å². The molecular weight excluding hydrogens is 484 g/mol. The molecule has 1 saturated heterocycles. The van der Waals surface area contributed by atoms with E-state index in [2.05, 4.69) is 25.7 Å². The minimum Gasteiger partial charge on any atom is -0.497 e. The Bertz CT molecular complexity index is 1100. The van der Waals surface area contributed by atoms with Crippen molar-refractivity contribution < 1.29 is 28.9 Å². The highest BCUT2D eigenvalue weighted by atomic mass is 16.7. The second-order valence-electron chi connectivity index (χ2n) is 10.1. The molecule has 0 aliphatic carbocycles. The third kappa shape index (κ3) is 5.60. The number of carbonyl (C=O) groups is 2. The molecule has 38 heavy (non-hydrogen) atoms. The number of methoxy groups -OCH3 is 1. The zero-order valence-electron chi connectivity index (χ0n) is 22.9. The van der Waals surface area contributed by atoms with Gasteiger partial charge < -0.3 is 24.2 Å². The first-order valence-corrected chi connectivity index (χ1v) is 13.7. The molecule has 4 rings (SSSR count). The van der Waals surface area contributed by atoms with Crippen LogP contribution in [-0.2, 0) is 9.59 Å². The molecule has 2 heterocycles. The monoisotopic (exact) mass is 524 g/mol. The number of hydrogen-bond acceptors (Lipinski definition) is 6. The van der Waals surface area contributed by atoms with Crippen molar-refractivity contribution in [1.29, 1.82) is 0 Å². The number of carboxylic acids is 1. The molecule has 0 radical (unpaired) electrons. The highest BCUT2D eigenvalue weighted by molar-refractivity contribution is 5.82. The predicted octanol–water partition coefficient (Wildman–Crippen LogP) is 5.08. The van der Waals surface area contributed by atoms with Gasteiger partial charge in [-0.1, -0.05) is 45.4 Å². The molecule has 206 valence electrons. The van der Waals surface area contributed by atoms with Gasteiger partial charge in [-0.3, -0.25) is 14.5 Å². The van der Waals surface area contributed by atoms with E-state index in [4.69, 9.17) is 14.2 Å². The number of fused-ring (bicyclic) bond motifs is 1. The van der Waals surface area contributed by atoms with Crippen LogP contribution >= 0.6 is 0 Å². The number of hydrogen-bond donors (Lipinski definition) is 1. The molecule has 8 heteroatoms. The average molecular weight is 525 g/mol. The molecule has 2 aliphatic rings. The summed E-state index contributed by atoms with van der Waals surface area (Å²) in [7, 11) is 1.61. The summed E-state index contributed by atoms with van der Waals surface area (Å²) in [5.41, 5.74) is 1.75. The van der Waals surface area contributed by atoms with Gasteiger partial charge >= 0.3 is 5.97 Å². The van der Waals surface area contributed by atoms with Crippen LogP contribution in [0.25, 0.3) is 0 Å². The second kappa shape index (κ2) is 12.5. The van der Waals surface area contributed by atoms with Crippen molar-refractivity contribution in [1.82, 2.24) is 9.80 Å². The number of carboxylic acid groups (broad SMARTS) is 1. The van der Waals surface area contributed by atoms with Crippen LogP contribution in [0.1, 0.15) is 69.5 Å². The van der Waals surface area contributed by atoms with Crippen LogP contribution in [0, 0.1) is 5.92 Å². The molecule has 2 aliphatic heterocycles. The number of rotatable bonds is 12. The summed E-state index contributed by atoms with van der Waals surface area (Å²) < 4.78 is 16.5. The number of aliphatic carboxylic acids is 1. The van der Waals surface area contributed by atoms with Crippen LogP contribution < -0.4 is 14.2 Å². The van der Waals surface area contributed by atoms with Crippen molar-refractivity contribution in [2.45, 2.75) is 64.5 Å². The van der Waals surface area contributed by atoms with Crippen molar-refractivity contribution in [3.05, 3.63) is 53.6 Å². The molecule has 1 fully saturated rings. The summed E-state index contributed by atoms with van der Waals surface area (Å²) in [6.45, 7) is 8.24. The molecular formula is C30H40N2O6. The minimum absolute atomic E-state index is 0.0875. The van der Waals surface area contributed by atoms with Crippen LogP contribution in [0.3, 0.4) is 0 Å². The highest BCUT2D eigenvalue weighted by Gasteiger charge is 2.51. The lowest BCUT2D eigenvalue weighted by Crippen LogP contribution is -2.49. The molecule has 0 spiro atoms. The number of carbonyl (C=O) groups excluding carboxylic acids is 1. The Balaban J connectivity index is 1.80. The number of ether oxygens (including phenoxy) is 3. The Kier molecular flexibility index (Phi) is 9.15. The molecule has 1 N–H and O–H groups in total. The quantitative estimate of drug-likeness (QED) is 0.414. The van der Waals surface area contributed by atoms with Crippen molar-refractivity contribution >= 4 is 11.9 Å². The van der Waals surface area contributed by atoms with Crippen molar-refractivity contribution in [2.24, 2.45) is 5.92 Å². The summed E-state index contributed by atoms with van der Waals surface area (Å²) in [5, 5.41) is 10.6. The Morgan fingerprint density at radius 2 is 1.66 bits per heavy atom. The topological polar surface area (TPSA) is 88.5 Å². The molecule has 0 bridgehead atoms.